The standard InChI is InChI=1S/C11H19NO5/c1-7(14)11(5-13,8(12)15)6-17-9(16)10(2,3)4/h13H,5-6H2,1-4H3,(H2,12,15). The van der Waals surface area contributed by atoms with Gasteiger partial charge in [0.15, 0.2) is 11.2 Å². The van der Waals surface area contributed by atoms with Crippen LogP contribution < -0.4 is 5.73 Å². The molecule has 1 amide bonds. The summed E-state index contributed by atoms with van der Waals surface area (Å²) in [6, 6.07) is 0. The summed E-state index contributed by atoms with van der Waals surface area (Å²) >= 11 is 0. The Morgan fingerprint density at radius 3 is 1.94 bits per heavy atom. The Morgan fingerprint density at radius 2 is 1.71 bits per heavy atom. The summed E-state index contributed by atoms with van der Waals surface area (Å²) in [7, 11) is 0. The molecule has 3 N–H and O–H groups in total. The molecule has 6 heteroatoms. The molecule has 1 unspecified atom stereocenters. The van der Waals surface area contributed by atoms with E-state index in [4.69, 9.17) is 15.6 Å². The summed E-state index contributed by atoms with van der Waals surface area (Å²) < 4.78 is 4.86. The molecule has 0 aromatic carbocycles. The molecule has 0 aliphatic heterocycles. The number of hydrogen-bond donors (Lipinski definition) is 2. The van der Waals surface area contributed by atoms with Crippen LogP contribution in [-0.4, -0.2) is 36.0 Å². The molecule has 1 atom stereocenters. The van der Waals surface area contributed by atoms with Crippen LogP contribution in [0.2, 0.25) is 0 Å². The molecule has 0 aromatic rings. The van der Waals surface area contributed by atoms with Gasteiger partial charge in [0.2, 0.25) is 5.91 Å². The molecule has 6 nitrogen and oxygen atoms in total. The highest BCUT2D eigenvalue weighted by molar-refractivity contribution is 6.05. The number of rotatable bonds is 5. The predicted octanol–water partition coefficient (Wildman–Crippen LogP) is -0.371. The van der Waals surface area contributed by atoms with Crippen LogP contribution in [-0.2, 0) is 19.1 Å². The smallest absolute Gasteiger partial charge is 0.311 e. The van der Waals surface area contributed by atoms with E-state index in [0.29, 0.717) is 0 Å². The van der Waals surface area contributed by atoms with Gasteiger partial charge in [0, 0.05) is 0 Å². The first kappa shape index (κ1) is 15.6. The van der Waals surface area contributed by atoms with Crippen LogP contribution in [0.1, 0.15) is 27.7 Å². The number of carbonyl (C=O) groups excluding carboxylic acids is 3. The predicted molar refractivity (Wildman–Crippen MR) is 59.8 cm³/mol. The third-order valence-electron chi connectivity index (χ3n) is 2.48. The fourth-order valence-electron chi connectivity index (χ4n) is 0.986. The number of amides is 1. The minimum Gasteiger partial charge on any atom is -0.464 e. The number of nitrogens with two attached hydrogens (primary N) is 1. The monoisotopic (exact) mass is 245 g/mol. The summed E-state index contributed by atoms with van der Waals surface area (Å²) in [6.07, 6.45) is 0. The van der Waals surface area contributed by atoms with Crippen molar-refractivity contribution in [2.24, 2.45) is 16.6 Å². The Hall–Kier alpha value is -1.43. The molecule has 0 aliphatic carbocycles. The van der Waals surface area contributed by atoms with Gasteiger partial charge >= 0.3 is 5.97 Å². The molecule has 0 saturated heterocycles. The number of carbonyl (C=O) groups is 3. The van der Waals surface area contributed by atoms with E-state index in [1.54, 1.807) is 20.8 Å². The van der Waals surface area contributed by atoms with Crippen molar-refractivity contribution in [3.05, 3.63) is 0 Å². The summed E-state index contributed by atoms with van der Waals surface area (Å²) in [4.78, 5) is 34.1. The van der Waals surface area contributed by atoms with Crippen molar-refractivity contribution in [1.82, 2.24) is 0 Å². The minimum atomic E-state index is -1.85. The second-order valence-electron chi connectivity index (χ2n) is 4.99. The number of aliphatic hydroxyl groups excluding tert-OH is 1. The van der Waals surface area contributed by atoms with Crippen molar-refractivity contribution in [3.8, 4) is 0 Å². The van der Waals surface area contributed by atoms with Crippen molar-refractivity contribution in [3.63, 3.8) is 0 Å². The number of ether oxygens (including phenoxy) is 1. The first-order chi connectivity index (χ1) is 7.58. The van der Waals surface area contributed by atoms with Gasteiger partial charge in [0.1, 0.15) is 6.61 Å². The number of esters is 1. The van der Waals surface area contributed by atoms with Crippen LogP contribution in [0.5, 0.6) is 0 Å². The topological polar surface area (TPSA) is 107 Å². The highest BCUT2D eigenvalue weighted by atomic mass is 16.5. The van der Waals surface area contributed by atoms with Crippen molar-refractivity contribution in [1.29, 1.82) is 0 Å². The molecule has 0 fully saturated rings. The van der Waals surface area contributed by atoms with Crippen molar-refractivity contribution in [2.45, 2.75) is 27.7 Å². The Labute approximate surface area is 100 Å². The lowest BCUT2D eigenvalue weighted by Gasteiger charge is -2.26. The van der Waals surface area contributed by atoms with Gasteiger partial charge in [-0.15, -0.1) is 0 Å². The highest BCUT2D eigenvalue weighted by Crippen LogP contribution is 2.21. The van der Waals surface area contributed by atoms with E-state index >= 15 is 0 Å². The van der Waals surface area contributed by atoms with Gasteiger partial charge in [-0.3, -0.25) is 14.4 Å². The van der Waals surface area contributed by atoms with Gasteiger partial charge in [0.25, 0.3) is 0 Å². The molecular formula is C11H19NO5. The van der Waals surface area contributed by atoms with E-state index in [-0.39, 0.29) is 0 Å². The first-order valence-electron chi connectivity index (χ1n) is 5.17. The number of Topliss-reactive ketones (excluding diaryl/α,β-unsaturated/α-hetero) is 1. The van der Waals surface area contributed by atoms with Crippen LogP contribution in [0.15, 0.2) is 0 Å². The third kappa shape index (κ3) is 3.52. The third-order valence-corrected chi connectivity index (χ3v) is 2.48. The summed E-state index contributed by atoms with van der Waals surface area (Å²) in [6.45, 7) is 4.70. The summed E-state index contributed by atoms with van der Waals surface area (Å²) in [5, 5.41) is 9.12. The van der Waals surface area contributed by atoms with Gasteiger partial charge in [-0.2, -0.15) is 0 Å². The molecule has 0 saturated carbocycles. The molecule has 0 rings (SSSR count). The molecule has 0 spiro atoms. The Balaban J connectivity index is 4.87. The second-order valence-corrected chi connectivity index (χ2v) is 4.99. The van der Waals surface area contributed by atoms with Gasteiger partial charge < -0.3 is 15.6 Å². The van der Waals surface area contributed by atoms with Gasteiger partial charge in [-0.1, -0.05) is 0 Å². The maximum absolute atomic E-state index is 11.5. The van der Waals surface area contributed by atoms with E-state index in [2.05, 4.69) is 0 Å². The van der Waals surface area contributed by atoms with Crippen molar-refractivity contribution in [2.75, 3.05) is 13.2 Å². The zero-order valence-corrected chi connectivity index (χ0v) is 10.6. The van der Waals surface area contributed by atoms with E-state index in [0.717, 1.165) is 6.92 Å². The maximum atomic E-state index is 11.5. The second kappa shape index (κ2) is 5.27. The van der Waals surface area contributed by atoms with E-state index in [9.17, 15) is 14.4 Å². The molecule has 0 heterocycles. The quantitative estimate of drug-likeness (QED) is 0.507. The van der Waals surface area contributed by atoms with E-state index in [1.165, 1.54) is 0 Å². The Kier molecular flexibility index (Phi) is 4.82. The van der Waals surface area contributed by atoms with Gasteiger partial charge in [0.05, 0.1) is 12.0 Å². The lowest BCUT2D eigenvalue weighted by Crippen LogP contribution is -2.50. The lowest BCUT2D eigenvalue weighted by atomic mass is 9.85. The summed E-state index contributed by atoms with van der Waals surface area (Å²) in [5.74, 6) is -2.21. The number of primary amides is 1. The number of ketones is 1. The van der Waals surface area contributed by atoms with Crippen molar-refractivity contribution < 1.29 is 24.2 Å². The maximum Gasteiger partial charge on any atom is 0.311 e. The fraction of sp³-hybridized carbons (Fsp3) is 0.727. The zero-order valence-electron chi connectivity index (χ0n) is 10.6. The van der Waals surface area contributed by atoms with Crippen LogP contribution in [0, 0.1) is 10.8 Å². The van der Waals surface area contributed by atoms with Crippen LogP contribution in [0.25, 0.3) is 0 Å². The zero-order chi connectivity index (χ0) is 13.9. The van der Waals surface area contributed by atoms with E-state index in [1.807, 2.05) is 0 Å². The fourth-order valence-corrected chi connectivity index (χ4v) is 0.986. The van der Waals surface area contributed by atoms with Crippen molar-refractivity contribution >= 4 is 17.7 Å². The van der Waals surface area contributed by atoms with Crippen LogP contribution in [0.3, 0.4) is 0 Å². The Bertz CT molecular complexity index is 315. The lowest BCUT2D eigenvalue weighted by molar-refractivity contribution is -0.162. The SMILES string of the molecule is CC(=O)C(CO)(COC(=O)C(C)(C)C)C(N)=O. The first-order valence-corrected chi connectivity index (χ1v) is 5.17. The number of hydrogen-bond acceptors (Lipinski definition) is 5. The molecule has 17 heavy (non-hydrogen) atoms. The average Bonchev–Trinajstić information content (AvgIpc) is 2.16. The highest BCUT2D eigenvalue weighted by Gasteiger charge is 2.43. The molecule has 98 valence electrons. The largest absolute Gasteiger partial charge is 0.464 e. The van der Waals surface area contributed by atoms with Crippen LogP contribution in [0.4, 0.5) is 0 Å². The average molecular weight is 245 g/mol. The minimum absolute atomic E-state index is 0.537. The molecule has 0 radical (unpaired) electrons. The van der Waals surface area contributed by atoms with E-state index < -0.39 is 41.7 Å². The molecule has 0 aliphatic rings. The molecule has 0 aromatic heterocycles. The van der Waals surface area contributed by atoms with Gasteiger partial charge in [-0.05, 0) is 27.7 Å². The molecular weight excluding hydrogens is 226 g/mol. The Morgan fingerprint density at radius 1 is 1.24 bits per heavy atom. The normalized spacial score (nSPS) is 14.9. The summed E-state index contributed by atoms with van der Waals surface area (Å²) in [5.41, 5.74) is 2.47. The van der Waals surface area contributed by atoms with Gasteiger partial charge in [-0.25, -0.2) is 0 Å². The molecule has 0 bridgehead atoms. The van der Waals surface area contributed by atoms with Crippen LogP contribution >= 0.6 is 0 Å². The number of aliphatic hydroxyl groups is 1.